The molecule has 0 spiro atoms. The van der Waals surface area contributed by atoms with Crippen LogP contribution in [0.2, 0.25) is 0 Å². The number of carboxylic acids is 1. The molecule has 0 aromatic carbocycles. The molecule has 0 aromatic rings. The van der Waals surface area contributed by atoms with Gasteiger partial charge in [-0.3, -0.25) is 4.79 Å². The molecule has 0 bridgehead atoms. The molecule has 2 N–H and O–H groups in total. The maximum absolute atomic E-state index is 10.4. The number of primary amides is 1. The Morgan fingerprint density at radius 2 is 1.64 bits per heavy atom. The van der Waals surface area contributed by atoms with Crippen molar-refractivity contribution in [3.8, 4) is 0 Å². The van der Waals surface area contributed by atoms with Gasteiger partial charge in [-0.15, -0.1) is 0 Å². The fraction of sp³-hybridized carbons (Fsp3) is 0.667. The SMILES string of the molecule is CC(C(N)=O)C(C)C(=O)[O-].[Na+]. The van der Waals surface area contributed by atoms with Crippen LogP contribution in [0.1, 0.15) is 13.8 Å². The average Bonchev–Trinajstić information content (AvgIpc) is 1.84. The van der Waals surface area contributed by atoms with Gasteiger partial charge < -0.3 is 15.6 Å². The molecule has 0 saturated carbocycles. The molecular weight excluding hydrogens is 157 g/mol. The van der Waals surface area contributed by atoms with Crippen molar-refractivity contribution < 1.29 is 44.3 Å². The van der Waals surface area contributed by atoms with Gasteiger partial charge in [-0.05, 0) is 0 Å². The maximum atomic E-state index is 10.4. The van der Waals surface area contributed by atoms with Crippen LogP contribution in [-0.4, -0.2) is 11.9 Å². The van der Waals surface area contributed by atoms with Gasteiger partial charge in [-0.1, -0.05) is 13.8 Å². The fourth-order valence-electron chi connectivity index (χ4n) is 0.451. The van der Waals surface area contributed by atoms with Gasteiger partial charge in [0.2, 0.25) is 5.91 Å². The Morgan fingerprint density at radius 1 is 1.27 bits per heavy atom. The van der Waals surface area contributed by atoms with Crippen molar-refractivity contribution in [2.75, 3.05) is 0 Å². The molecule has 0 aromatic heterocycles. The Kier molecular flexibility index (Phi) is 6.85. The first-order valence-corrected chi connectivity index (χ1v) is 2.97. The monoisotopic (exact) mass is 167 g/mol. The van der Waals surface area contributed by atoms with E-state index in [1.165, 1.54) is 13.8 Å². The van der Waals surface area contributed by atoms with Crippen LogP contribution in [0.25, 0.3) is 0 Å². The van der Waals surface area contributed by atoms with E-state index in [2.05, 4.69) is 0 Å². The fourth-order valence-corrected chi connectivity index (χ4v) is 0.451. The summed E-state index contributed by atoms with van der Waals surface area (Å²) in [5.74, 6) is -3.33. The molecule has 4 nitrogen and oxygen atoms in total. The van der Waals surface area contributed by atoms with E-state index in [1.54, 1.807) is 0 Å². The number of hydrogen-bond donors (Lipinski definition) is 1. The minimum absolute atomic E-state index is 0. The summed E-state index contributed by atoms with van der Waals surface area (Å²) in [6.45, 7) is 2.85. The molecule has 0 radical (unpaired) electrons. The Hall–Kier alpha value is -0.0600. The number of aliphatic carboxylic acids is 1. The van der Waals surface area contributed by atoms with E-state index >= 15 is 0 Å². The number of rotatable bonds is 3. The quantitative estimate of drug-likeness (QED) is 0.430. The molecule has 1 amide bonds. The van der Waals surface area contributed by atoms with E-state index in [0.29, 0.717) is 0 Å². The third-order valence-corrected chi connectivity index (χ3v) is 1.57. The largest absolute Gasteiger partial charge is 1.00 e. The zero-order valence-electron chi connectivity index (χ0n) is 6.96. The van der Waals surface area contributed by atoms with E-state index in [0.717, 1.165) is 0 Å². The summed E-state index contributed by atoms with van der Waals surface area (Å²) in [6.07, 6.45) is 0. The van der Waals surface area contributed by atoms with Gasteiger partial charge in [0.05, 0.1) is 0 Å². The maximum Gasteiger partial charge on any atom is 1.00 e. The Bertz CT molecular complexity index is 142. The average molecular weight is 167 g/mol. The summed E-state index contributed by atoms with van der Waals surface area (Å²) in [5.41, 5.74) is 4.84. The summed E-state index contributed by atoms with van der Waals surface area (Å²) >= 11 is 0. The Morgan fingerprint density at radius 3 is 1.73 bits per heavy atom. The number of amides is 1. The molecule has 0 saturated heterocycles. The molecule has 0 aliphatic carbocycles. The first-order valence-electron chi connectivity index (χ1n) is 2.97. The summed E-state index contributed by atoms with van der Waals surface area (Å²) in [4.78, 5) is 20.5. The van der Waals surface area contributed by atoms with Crippen LogP contribution < -0.4 is 40.4 Å². The summed E-state index contributed by atoms with van der Waals surface area (Å²) in [6, 6.07) is 0. The minimum Gasteiger partial charge on any atom is -0.550 e. The van der Waals surface area contributed by atoms with Gasteiger partial charge >= 0.3 is 29.6 Å². The van der Waals surface area contributed by atoms with Crippen LogP contribution in [0.4, 0.5) is 0 Å². The van der Waals surface area contributed by atoms with E-state index in [-0.39, 0.29) is 29.6 Å². The smallest absolute Gasteiger partial charge is 0.550 e. The number of carbonyl (C=O) groups excluding carboxylic acids is 2. The summed E-state index contributed by atoms with van der Waals surface area (Å²) in [5, 5.41) is 10.1. The third kappa shape index (κ3) is 4.40. The number of carboxylic acid groups (broad SMARTS) is 1. The van der Waals surface area contributed by atoms with Gasteiger partial charge in [0, 0.05) is 17.8 Å². The van der Waals surface area contributed by atoms with Gasteiger partial charge in [0.25, 0.3) is 0 Å². The standard InChI is InChI=1S/C6H11NO3.Na/c1-3(5(7)8)4(2)6(9)10;/h3-4H,1-2H3,(H2,7,8)(H,9,10);/q;+1/p-1. The van der Waals surface area contributed by atoms with Gasteiger partial charge in [0.1, 0.15) is 0 Å². The Labute approximate surface area is 87.4 Å². The van der Waals surface area contributed by atoms with Crippen molar-refractivity contribution in [3.05, 3.63) is 0 Å². The first-order chi connectivity index (χ1) is 4.46. The predicted molar refractivity (Wildman–Crippen MR) is 32.5 cm³/mol. The van der Waals surface area contributed by atoms with Crippen molar-refractivity contribution in [2.24, 2.45) is 17.6 Å². The second-order valence-electron chi connectivity index (χ2n) is 2.30. The van der Waals surface area contributed by atoms with Crippen molar-refractivity contribution >= 4 is 11.9 Å². The van der Waals surface area contributed by atoms with E-state index in [1.807, 2.05) is 0 Å². The number of hydrogen-bond acceptors (Lipinski definition) is 3. The van der Waals surface area contributed by atoms with E-state index in [4.69, 9.17) is 5.73 Å². The van der Waals surface area contributed by atoms with Crippen LogP contribution in [0, 0.1) is 11.8 Å². The number of carbonyl (C=O) groups is 2. The zero-order valence-corrected chi connectivity index (χ0v) is 8.96. The molecule has 0 fully saturated rings. The number of nitrogens with two attached hydrogens (primary N) is 1. The third-order valence-electron chi connectivity index (χ3n) is 1.57. The molecule has 2 atom stereocenters. The molecular formula is C6H10NNaO3. The molecule has 2 unspecified atom stereocenters. The van der Waals surface area contributed by atoms with Gasteiger partial charge in [-0.2, -0.15) is 0 Å². The normalized spacial score (nSPS) is 14.4. The predicted octanol–water partition coefficient (Wildman–Crippen LogP) is -4.50. The van der Waals surface area contributed by atoms with E-state index in [9.17, 15) is 14.7 Å². The van der Waals surface area contributed by atoms with Crippen molar-refractivity contribution in [2.45, 2.75) is 13.8 Å². The molecule has 5 heteroatoms. The molecule has 11 heavy (non-hydrogen) atoms. The van der Waals surface area contributed by atoms with Crippen LogP contribution >= 0.6 is 0 Å². The second-order valence-corrected chi connectivity index (χ2v) is 2.30. The molecule has 58 valence electrons. The van der Waals surface area contributed by atoms with Crippen LogP contribution in [0.3, 0.4) is 0 Å². The molecule has 0 aliphatic heterocycles. The second kappa shape index (κ2) is 5.57. The van der Waals surface area contributed by atoms with Crippen molar-refractivity contribution in [1.82, 2.24) is 0 Å². The molecule has 0 rings (SSSR count). The van der Waals surface area contributed by atoms with E-state index < -0.39 is 23.7 Å². The van der Waals surface area contributed by atoms with Crippen LogP contribution in [0.5, 0.6) is 0 Å². The first kappa shape index (κ1) is 13.5. The van der Waals surface area contributed by atoms with Crippen molar-refractivity contribution in [3.63, 3.8) is 0 Å². The minimum atomic E-state index is -1.24. The zero-order chi connectivity index (χ0) is 8.31. The van der Waals surface area contributed by atoms with Gasteiger partial charge in [-0.25, -0.2) is 0 Å². The Balaban J connectivity index is 0. The van der Waals surface area contributed by atoms with Crippen molar-refractivity contribution in [1.29, 1.82) is 0 Å². The summed E-state index contributed by atoms with van der Waals surface area (Å²) < 4.78 is 0. The molecule has 0 aliphatic rings. The topological polar surface area (TPSA) is 83.2 Å². The summed E-state index contributed by atoms with van der Waals surface area (Å²) in [7, 11) is 0. The van der Waals surface area contributed by atoms with Gasteiger partial charge in [0.15, 0.2) is 0 Å². The van der Waals surface area contributed by atoms with Crippen LogP contribution in [-0.2, 0) is 9.59 Å². The molecule has 0 heterocycles. The van der Waals surface area contributed by atoms with Crippen LogP contribution in [0.15, 0.2) is 0 Å².